The van der Waals surface area contributed by atoms with Crippen LogP contribution in [-0.4, -0.2) is 78.1 Å². The quantitative estimate of drug-likeness (QED) is 0.353. The zero-order chi connectivity index (χ0) is 29.5. The van der Waals surface area contributed by atoms with Crippen molar-refractivity contribution in [3.8, 4) is 11.5 Å². The van der Waals surface area contributed by atoms with Crippen LogP contribution in [0.3, 0.4) is 0 Å². The highest BCUT2D eigenvalue weighted by molar-refractivity contribution is 6.30. The summed E-state index contributed by atoms with van der Waals surface area (Å²) < 4.78 is 11.6. The summed E-state index contributed by atoms with van der Waals surface area (Å²) in [6.45, 7) is 4.47. The van der Waals surface area contributed by atoms with Gasteiger partial charge in [0.2, 0.25) is 5.91 Å². The van der Waals surface area contributed by atoms with Gasteiger partial charge in [0, 0.05) is 44.2 Å². The van der Waals surface area contributed by atoms with E-state index >= 15 is 0 Å². The highest BCUT2D eigenvalue weighted by atomic mass is 35.5. The molecule has 1 heterocycles. The lowest BCUT2D eigenvalue weighted by atomic mass is 9.81. The van der Waals surface area contributed by atoms with E-state index in [1.165, 1.54) is 9.80 Å². The van der Waals surface area contributed by atoms with Crippen molar-refractivity contribution in [2.24, 2.45) is 11.8 Å². The van der Waals surface area contributed by atoms with Crippen LogP contribution in [-0.2, 0) is 16.1 Å². The lowest BCUT2D eigenvalue weighted by Crippen LogP contribution is -2.51. The van der Waals surface area contributed by atoms with E-state index in [4.69, 9.17) is 21.1 Å². The summed E-state index contributed by atoms with van der Waals surface area (Å²) in [6, 6.07) is 13.5. The van der Waals surface area contributed by atoms with Gasteiger partial charge >= 0.3 is 12.0 Å². The third-order valence-electron chi connectivity index (χ3n) is 8.29. The van der Waals surface area contributed by atoms with Crippen molar-refractivity contribution in [3.63, 3.8) is 0 Å². The number of imide groups is 1. The topological polar surface area (TPSA) is 99.6 Å². The number of urea groups is 1. The van der Waals surface area contributed by atoms with Gasteiger partial charge in [-0.05, 0) is 73.9 Å². The molecular formula is C31H40ClN3O6. The van der Waals surface area contributed by atoms with Crippen molar-refractivity contribution >= 4 is 29.5 Å². The number of carbonyl (C=O) groups is 3. The van der Waals surface area contributed by atoms with Crippen LogP contribution >= 0.6 is 11.6 Å². The van der Waals surface area contributed by atoms with Gasteiger partial charge in [-0.25, -0.2) is 4.79 Å². The van der Waals surface area contributed by atoms with Gasteiger partial charge < -0.3 is 19.5 Å². The average molecular weight is 586 g/mol. The van der Waals surface area contributed by atoms with Crippen LogP contribution in [0.5, 0.6) is 11.5 Å². The van der Waals surface area contributed by atoms with Gasteiger partial charge in [0.1, 0.15) is 6.61 Å². The lowest BCUT2D eigenvalue weighted by Gasteiger charge is -2.35. The first-order valence-corrected chi connectivity index (χ1v) is 14.6. The molecule has 2 aromatic carbocycles. The predicted molar refractivity (Wildman–Crippen MR) is 156 cm³/mol. The number of carboxylic acid groups (broad SMARTS) is 1. The van der Waals surface area contributed by atoms with Gasteiger partial charge in [-0.3, -0.25) is 19.4 Å². The fourth-order valence-corrected chi connectivity index (χ4v) is 5.80. The lowest BCUT2D eigenvalue weighted by molar-refractivity contribution is -0.143. The summed E-state index contributed by atoms with van der Waals surface area (Å²) in [4.78, 5) is 41.1. The van der Waals surface area contributed by atoms with Gasteiger partial charge in [0.15, 0.2) is 11.5 Å². The Labute approximate surface area is 246 Å². The number of aliphatic carboxylic acids is 1. The number of carboxylic acids is 1. The minimum absolute atomic E-state index is 0.115. The Morgan fingerprint density at radius 3 is 2.46 bits per heavy atom. The van der Waals surface area contributed by atoms with Crippen LogP contribution in [0.25, 0.3) is 0 Å². The predicted octanol–water partition coefficient (Wildman–Crippen LogP) is 5.47. The SMILES string of the molecule is COc1cc(CN(CC2CCC(C(=O)O)CC2)[C@@H](C)c2ccc(Cl)cc2)ccc1OCCN1C(=O)CCN(C)C1=O. The van der Waals surface area contributed by atoms with Crippen LogP contribution < -0.4 is 9.47 Å². The van der Waals surface area contributed by atoms with E-state index in [0.29, 0.717) is 54.8 Å². The van der Waals surface area contributed by atoms with Crippen LogP contribution in [0.2, 0.25) is 5.02 Å². The number of nitrogens with zero attached hydrogens (tertiary/aromatic N) is 3. The van der Waals surface area contributed by atoms with Gasteiger partial charge in [0.25, 0.3) is 0 Å². The largest absolute Gasteiger partial charge is 0.493 e. The van der Waals surface area contributed by atoms with Gasteiger partial charge in [-0.2, -0.15) is 0 Å². The summed E-state index contributed by atoms with van der Waals surface area (Å²) in [5, 5.41) is 10.1. The van der Waals surface area contributed by atoms with Crippen molar-refractivity contribution in [2.75, 3.05) is 40.4 Å². The third kappa shape index (κ3) is 7.92. The fraction of sp³-hybridized carbons (Fsp3) is 0.516. The first-order chi connectivity index (χ1) is 19.7. The second kappa shape index (κ2) is 14.0. The zero-order valence-corrected chi connectivity index (χ0v) is 24.8. The molecule has 1 atom stereocenters. The second-order valence-electron chi connectivity index (χ2n) is 11.0. The molecule has 0 aromatic heterocycles. The molecule has 10 heteroatoms. The highest BCUT2D eigenvalue weighted by Crippen LogP contribution is 2.34. The molecule has 2 aromatic rings. The number of ether oxygens (including phenoxy) is 2. The third-order valence-corrected chi connectivity index (χ3v) is 8.55. The number of hydrogen-bond donors (Lipinski definition) is 1. The number of benzene rings is 2. The van der Waals surface area contributed by atoms with Crippen LogP contribution in [0.4, 0.5) is 4.79 Å². The number of hydrogen-bond acceptors (Lipinski definition) is 6. The highest BCUT2D eigenvalue weighted by Gasteiger charge is 2.30. The summed E-state index contributed by atoms with van der Waals surface area (Å²) in [7, 11) is 3.27. The molecule has 3 amide bonds. The van der Waals surface area contributed by atoms with Crippen molar-refractivity contribution in [3.05, 3.63) is 58.6 Å². The van der Waals surface area contributed by atoms with E-state index in [-0.39, 0.29) is 37.0 Å². The van der Waals surface area contributed by atoms with Crippen LogP contribution in [0.15, 0.2) is 42.5 Å². The van der Waals surface area contributed by atoms with E-state index in [1.807, 2.05) is 30.3 Å². The average Bonchev–Trinajstić information content (AvgIpc) is 2.97. The maximum absolute atomic E-state index is 12.3. The summed E-state index contributed by atoms with van der Waals surface area (Å²) in [6.07, 6.45) is 3.54. The minimum Gasteiger partial charge on any atom is -0.493 e. The van der Waals surface area contributed by atoms with Crippen molar-refractivity contribution in [1.29, 1.82) is 0 Å². The Morgan fingerprint density at radius 2 is 1.80 bits per heavy atom. The van der Waals surface area contributed by atoms with Gasteiger partial charge in [-0.15, -0.1) is 0 Å². The van der Waals surface area contributed by atoms with E-state index in [0.717, 1.165) is 30.5 Å². The first kappa shape index (κ1) is 30.7. The number of amides is 3. The Bertz CT molecular complexity index is 1210. The first-order valence-electron chi connectivity index (χ1n) is 14.2. The molecule has 4 rings (SSSR count). The van der Waals surface area contributed by atoms with E-state index < -0.39 is 5.97 Å². The van der Waals surface area contributed by atoms with Gasteiger partial charge in [-0.1, -0.05) is 29.8 Å². The molecule has 0 bridgehead atoms. The van der Waals surface area contributed by atoms with E-state index in [1.54, 1.807) is 14.2 Å². The molecule has 2 aliphatic rings. The van der Waals surface area contributed by atoms with Crippen molar-refractivity contribution < 1.29 is 29.0 Å². The zero-order valence-electron chi connectivity index (χ0n) is 24.1. The van der Waals surface area contributed by atoms with Crippen molar-refractivity contribution in [2.45, 2.75) is 51.6 Å². The maximum Gasteiger partial charge on any atom is 0.326 e. The molecule has 1 saturated carbocycles. The minimum atomic E-state index is -0.689. The summed E-state index contributed by atoms with van der Waals surface area (Å²) in [5.74, 6) is 0.431. The maximum atomic E-state index is 12.3. The van der Waals surface area contributed by atoms with Crippen molar-refractivity contribution in [1.82, 2.24) is 14.7 Å². The monoisotopic (exact) mass is 585 g/mol. The molecule has 0 radical (unpaired) electrons. The number of carbonyl (C=O) groups excluding carboxylic acids is 2. The molecular weight excluding hydrogens is 546 g/mol. The van der Waals surface area contributed by atoms with Crippen LogP contribution in [0, 0.1) is 11.8 Å². The molecule has 2 fully saturated rings. The molecule has 0 unspecified atom stereocenters. The van der Waals surface area contributed by atoms with Crippen LogP contribution in [0.1, 0.15) is 56.2 Å². The standard InChI is InChI=1S/C31H40ClN3O6/c1-21(24-9-11-26(32)12-10-24)34(19-22-4-7-25(8-5-22)30(37)38)20-23-6-13-27(28(18-23)40-3)41-17-16-35-29(36)14-15-33(2)31(35)39/h6,9-13,18,21-22,25H,4-5,7-8,14-17,19-20H2,1-3H3,(H,37,38)/t21-,22?,25?/m0/s1. The molecule has 9 nitrogen and oxygen atoms in total. The molecule has 1 N–H and O–H groups in total. The Kier molecular flexibility index (Phi) is 10.5. The second-order valence-corrected chi connectivity index (χ2v) is 11.5. The summed E-state index contributed by atoms with van der Waals surface area (Å²) >= 11 is 6.14. The molecule has 1 aliphatic heterocycles. The Morgan fingerprint density at radius 1 is 1.10 bits per heavy atom. The molecule has 222 valence electrons. The van der Waals surface area contributed by atoms with E-state index in [2.05, 4.69) is 24.0 Å². The smallest absolute Gasteiger partial charge is 0.326 e. The molecule has 1 saturated heterocycles. The number of halogens is 1. The Balaban J connectivity index is 1.44. The molecule has 1 aliphatic carbocycles. The number of rotatable bonds is 12. The fourth-order valence-electron chi connectivity index (χ4n) is 5.67. The normalized spacial score (nSPS) is 20.3. The molecule has 0 spiro atoms. The van der Waals surface area contributed by atoms with E-state index in [9.17, 15) is 19.5 Å². The Hall–Kier alpha value is -3.30. The summed E-state index contributed by atoms with van der Waals surface area (Å²) in [5.41, 5.74) is 2.21. The van der Waals surface area contributed by atoms with Gasteiger partial charge in [0.05, 0.1) is 19.6 Å². The number of methoxy groups -OCH3 is 1. The molecule has 41 heavy (non-hydrogen) atoms.